The van der Waals surface area contributed by atoms with Gasteiger partial charge in [0.15, 0.2) is 0 Å². The van der Waals surface area contributed by atoms with E-state index in [1.807, 2.05) is 14.0 Å². The Kier molecular flexibility index (Phi) is 4.97. The van der Waals surface area contributed by atoms with E-state index in [-0.39, 0.29) is 22.9 Å². The van der Waals surface area contributed by atoms with Crippen LogP contribution in [-0.4, -0.2) is 61.0 Å². The topological polar surface area (TPSA) is 75.9 Å². The Morgan fingerprint density at radius 1 is 1.32 bits per heavy atom. The number of piperazine rings is 1. The minimum Gasteiger partial charge on any atom is -0.490 e. The van der Waals surface area contributed by atoms with Gasteiger partial charge in [-0.1, -0.05) is 6.92 Å². The van der Waals surface area contributed by atoms with E-state index < -0.39 is 4.92 Å². The first-order valence-corrected chi connectivity index (χ1v) is 7.31. The summed E-state index contributed by atoms with van der Waals surface area (Å²) in [4.78, 5) is 27.3. The Morgan fingerprint density at radius 2 is 1.95 bits per heavy atom. The Morgan fingerprint density at radius 3 is 2.45 bits per heavy atom. The number of rotatable bonds is 4. The third-order valence-electron chi connectivity index (χ3n) is 3.96. The number of ether oxygens (including phenoxy) is 1. The van der Waals surface area contributed by atoms with Gasteiger partial charge in [0.25, 0.3) is 5.91 Å². The van der Waals surface area contributed by atoms with Gasteiger partial charge in [-0.25, -0.2) is 0 Å². The number of carbonyl (C=O) groups is 1. The van der Waals surface area contributed by atoms with Crippen molar-refractivity contribution in [3.63, 3.8) is 0 Å². The van der Waals surface area contributed by atoms with E-state index in [9.17, 15) is 14.9 Å². The second-order valence-corrected chi connectivity index (χ2v) is 5.40. The van der Waals surface area contributed by atoms with E-state index in [4.69, 9.17) is 4.74 Å². The Hall–Kier alpha value is -2.15. The van der Waals surface area contributed by atoms with Crippen molar-refractivity contribution in [2.75, 3.05) is 40.3 Å². The van der Waals surface area contributed by atoms with Crippen molar-refractivity contribution in [3.05, 3.63) is 33.4 Å². The Labute approximate surface area is 129 Å². The van der Waals surface area contributed by atoms with Crippen LogP contribution in [-0.2, 0) is 6.42 Å². The third-order valence-corrected chi connectivity index (χ3v) is 3.96. The van der Waals surface area contributed by atoms with Crippen molar-refractivity contribution in [2.45, 2.75) is 13.3 Å². The van der Waals surface area contributed by atoms with Crippen LogP contribution in [0.1, 0.15) is 22.8 Å². The lowest BCUT2D eigenvalue weighted by Gasteiger charge is -2.32. The SMILES string of the molecule is CCc1cc(C(=O)N2CCN(C)CC2)c(OC)c([N+](=O)[O-])c1. The van der Waals surface area contributed by atoms with Crippen LogP contribution < -0.4 is 4.74 Å². The molecule has 1 amide bonds. The second-order valence-electron chi connectivity index (χ2n) is 5.40. The molecule has 1 saturated heterocycles. The molecule has 7 nitrogen and oxygen atoms in total. The van der Waals surface area contributed by atoms with Gasteiger partial charge in [-0.05, 0) is 25.1 Å². The van der Waals surface area contributed by atoms with Crippen LogP contribution in [0.25, 0.3) is 0 Å². The van der Waals surface area contributed by atoms with Crippen LogP contribution in [0.2, 0.25) is 0 Å². The van der Waals surface area contributed by atoms with Crippen LogP contribution in [0, 0.1) is 10.1 Å². The van der Waals surface area contributed by atoms with Gasteiger partial charge in [-0.3, -0.25) is 14.9 Å². The zero-order chi connectivity index (χ0) is 16.3. The van der Waals surface area contributed by atoms with Crippen LogP contribution in [0.3, 0.4) is 0 Å². The molecule has 0 radical (unpaired) electrons. The van der Waals surface area contributed by atoms with Crippen molar-refractivity contribution in [1.29, 1.82) is 0 Å². The lowest BCUT2D eigenvalue weighted by molar-refractivity contribution is -0.385. The van der Waals surface area contributed by atoms with Gasteiger partial charge in [0.1, 0.15) is 0 Å². The van der Waals surface area contributed by atoms with Gasteiger partial charge in [-0.15, -0.1) is 0 Å². The van der Waals surface area contributed by atoms with Gasteiger partial charge >= 0.3 is 5.69 Å². The standard InChI is InChI=1S/C15H21N3O4/c1-4-11-9-12(14(22-3)13(10-11)18(20)21)15(19)17-7-5-16(2)6-8-17/h9-10H,4-8H2,1-3H3. The molecule has 1 aromatic carbocycles. The predicted molar refractivity (Wildman–Crippen MR) is 82.4 cm³/mol. The summed E-state index contributed by atoms with van der Waals surface area (Å²) in [7, 11) is 3.36. The van der Waals surface area contributed by atoms with Gasteiger partial charge in [0, 0.05) is 32.2 Å². The fraction of sp³-hybridized carbons (Fsp3) is 0.533. The molecule has 1 aromatic rings. The molecule has 0 unspecified atom stereocenters. The smallest absolute Gasteiger partial charge is 0.312 e. The van der Waals surface area contributed by atoms with Crippen LogP contribution >= 0.6 is 0 Å². The molecule has 7 heteroatoms. The number of nitrogens with zero attached hydrogens (tertiary/aromatic N) is 3. The largest absolute Gasteiger partial charge is 0.490 e. The van der Waals surface area contributed by atoms with Crippen LogP contribution in [0.4, 0.5) is 5.69 Å². The maximum atomic E-state index is 12.7. The molecule has 1 aliphatic rings. The normalized spacial score (nSPS) is 15.7. The number of hydrogen-bond donors (Lipinski definition) is 0. The molecule has 1 fully saturated rings. The maximum Gasteiger partial charge on any atom is 0.312 e. The van der Waals surface area contributed by atoms with Crippen LogP contribution in [0.15, 0.2) is 12.1 Å². The van der Waals surface area contributed by atoms with Crippen molar-refractivity contribution < 1.29 is 14.5 Å². The maximum absolute atomic E-state index is 12.7. The molecular formula is C15H21N3O4. The molecule has 0 bridgehead atoms. The van der Waals surface area contributed by atoms with Gasteiger partial charge < -0.3 is 14.5 Å². The molecule has 120 valence electrons. The summed E-state index contributed by atoms with van der Waals surface area (Å²) >= 11 is 0. The molecular weight excluding hydrogens is 286 g/mol. The molecule has 2 rings (SSSR count). The number of likely N-dealkylation sites (N-methyl/N-ethyl adjacent to an activating group) is 1. The monoisotopic (exact) mass is 307 g/mol. The molecule has 0 N–H and O–H groups in total. The minimum absolute atomic E-state index is 0.0473. The highest BCUT2D eigenvalue weighted by Crippen LogP contribution is 2.33. The van der Waals surface area contributed by atoms with Gasteiger partial charge in [0.05, 0.1) is 17.6 Å². The first-order valence-electron chi connectivity index (χ1n) is 7.31. The quantitative estimate of drug-likeness (QED) is 0.623. The summed E-state index contributed by atoms with van der Waals surface area (Å²) in [5.41, 5.74) is 0.877. The van der Waals surface area contributed by atoms with E-state index in [2.05, 4.69) is 4.90 Å². The number of hydrogen-bond acceptors (Lipinski definition) is 5. The lowest BCUT2D eigenvalue weighted by atomic mass is 10.0. The van der Waals surface area contributed by atoms with Gasteiger partial charge in [0.2, 0.25) is 5.75 Å². The fourth-order valence-corrected chi connectivity index (χ4v) is 2.56. The average Bonchev–Trinajstić information content (AvgIpc) is 2.53. The molecule has 1 aliphatic heterocycles. The second kappa shape index (κ2) is 6.74. The zero-order valence-corrected chi connectivity index (χ0v) is 13.2. The summed E-state index contributed by atoms with van der Waals surface area (Å²) in [6.07, 6.45) is 0.619. The number of amides is 1. The summed E-state index contributed by atoms with van der Waals surface area (Å²) in [6, 6.07) is 3.17. The average molecular weight is 307 g/mol. The molecule has 0 aliphatic carbocycles. The Bertz CT molecular complexity index is 580. The number of nitro benzene ring substituents is 1. The first kappa shape index (κ1) is 16.2. The fourth-order valence-electron chi connectivity index (χ4n) is 2.56. The molecule has 0 saturated carbocycles. The number of aryl methyl sites for hydroxylation is 1. The molecule has 0 spiro atoms. The highest BCUT2D eigenvalue weighted by Gasteiger charge is 2.28. The lowest BCUT2D eigenvalue weighted by Crippen LogP contribution is -2.47. The number of nitro groups is 1. The van der Waals surface area contributed by atoms with Gasteiger partial charge in [-0.2, -0.15) is 0 Å². The molecule has 0 atom stereocenters. The summed E-state index contributed by atoms with van der Waals surface area (Å²) in [5.74, 6) is -0.158. The molecule has 1 heterocycles. The summed E-state index contributed by atoms with van der Waals surface area (Å²) < 4.78 is 5.17. The van der Waals surface area contributed by atoms with E-state index in [1.54, 1.807) is 11.0 Å². The number of benzene rings is 1. The van der Waals surface area contributed by atoms with E-state index in [0.717, 1.165) is 18.7 Å². The van der Waals surface area contributed by atoms with E-state index in [0.29, 0.717) is 19.5 Å². The predicted octanol–water partition coefficient (Wildman–Crippen LogP) is 1.55. The molecule has 22 heavy (non-hydrogen) atoms. The highest BCUT2D eigenvalue weighted by molar-refractivity contribution is 5.98. The van der Waals surface area contributed by atoms with Crippen LogP contribution in [0.5, 0.6) is 5.75 Å². The molecule has 0 aromatic heterocycles. The zero-order valence-electron chi connectivity index (χ0n) is 13.2. The van der Waals surface area contributed by atoms with E-state index in [1.165, 1.54) is 13.2 Å². The summed E-state index contributed by atoms with van der Waals surface area (Å²) in [6.45, 7) is 4.72. The minimum atomic E-state index is -0.501. The first-order chi connectivity index (χ1) is 10.5. The highest BCUT2D eigenvalue weighted by atomic mass is 16.6. The van der Waals surface area contributed by atoms with Crippen molar-refractivity contribution >= 4 is 11.6 Å². The summed E-state index contributed by atoms with van der Waals surface area (Å²) in [5, 5.41) is 11.2. The van der Waals surface area contributed by atoms with E-state index >= 15 is 0 Å². The van der Waals surface area contributed by atoms with Crippen molar-refractivity contribution in [3.8, 4) is 5.75 Å². The number of methoxy groups -OCH3 is 1. The van der Waals surface area contributed by atoms with Crippen molar-refractivity contribution in [1.82, 2.24) is 9.80 Å². The Balaban J connectivity index is 2.42. The number of carbonyl (C=O) groups excluding carboxylic acids is 1. The van der Waals surface area contributed by atoms with Crippen molar-refractivity contribution in [2.24, 2.45) is 0 Å². The third kappa shape index (κ3) is 3.19.